The molecule has 0 fully saturated rings. The molecule has 3 nitrogen and oxygen atoms in total. The first kappa shape index (κ1) is 10.7. The van der Waals surface area contributed by atoms with E-state index in [1.165, 1.54) is 12.1 Å². The Morgan fingerprint density at radius 2 is 2.25 bits per heavy atom. The Labute approximate surface area is 93.5 Å². The van der Waals surface area contributed by atoms with Gasteiger partial charge in [-0.2, -0.15) is 5.10 Å². The van der Waals surface area contributed by atoms with Crippen LogP contribution in [0.4, 0.5) is 4.39 Å². The molecule has 0 unspecified atom stereocenters. The van der Waals surface area contributed by atoms with Crippen LogP contribution in [0, 0.1) is 12.7 Å². The van der Waals surface area contributed by atoms with Crippen molar-refractivity contribution in [1.29, 1.82) is 0 Å². The van der Waals surface area contributed by atoms with Gasteiger partial charge in [0.05, 0.1) is 6.20 Å². The van der Waals surface area contributed by atoms with E-state index in [4.69, 9.17) is 4.74 Å². The van der Waals surface area contributed by atoms with Crippen LogP contribution in [0.3, 0.4) is 0 Å². The van der Waals surface area contributed by atoms with Gasteiger partial charge >= 0.3 is 0 Å². The SMILES string of the molecule is Cc1cc(F)ccc1OCc1cnn(C)c1. The molecule has 4 heteroatoms. The third kappa shape index (κ3) is 2.39. The second-order valence-corrected chi connectivity index (χ2v) is 3.72. The Hall–Kier alpha value is -1.84. The average Bonchev–Trinajstić information content (AvgIpc) is 2.63. The molecule has 0 radical (unpaired) electrons. The smallest absolute Gasteiger partial charge is 0.123 e. The summed E-state index contributed by atoms with van der Waals surface area (Å²) in [5.74, 6) is 0.455. The average molecular weight is 220 g/mol. The summed E-state index contributed by atoms with van der Waals surface area (Å²) in [6.07, 6.45) is 3.64. The molecule has 0 saturated carbocycles. The fourth-order valence-corrected chi connectivity index (χ4v) is 1.48. The highest BCUT2D eigenvalue weighted by molar-refractivity contribution is 5.32. The first-order valence-corrected chi connectivity index (χ1v) is 5.01. The number of benzene rings is 1. The number of rotatable bonds is 3. The van der Waals surface area contributed by atoms with Crippen molar-refractivity contribution in [3.63, 3.8) is 0 Å². The van der Waals surface area contributed by atoms with Crippen LogP contribution in [-0.4, -0.2) is 9.78 Å². The van der Waals surface area contributed by atoms with Gasteiger partial charge in [-0.05, 0) is 30.7 Å². The van der Waals surface area contributed by atoms with Crippen LogP contribution in [-0.2, 0) is 13.7 Å². The number of aryl methyl sites for hydroxylation is 2. The Balaban J connectivity index is 2.04. The number of nitrogens with zero attached hydrogens (tertiary/aromatic N) is 2. The minimum absolute atomic E-state index is 0.244. The van der Waals surface area contributed by atoms with Gasteiger partial charge in [-0.3, -0.25) is 4.68 Å². The van der Waals surface area contributed by atoms with Crippen LogP contribution in [0.1, 0.15) is 11.1 Å². The predicted octanol–water partition coefficient (Wildman–Crippen LogP) is 2.45. The normalized spacial score (nSPS) is 10.4. The van der Waals surface area contributed by atoms with Gasteiger partial charge in [0.1, 0.15) is 18.2 Å². The zero-order valence-electron chi connectivity index (χ0n) is 9.27. The van der Waals surface area contributed by atoms with E-state index < -0.39 is 0 Å². The molecule has 0 spiro atoms. The van der Waals surface area contributed by atoms with Crippen molar-refractivity contribution >= 4 is 0 Å². The highest BCUT2D eigenvalue weighted by atomic mass is 19.1. The minimum atomic E-state index is -0.244. The van der Waals surface area contributed by atoms with Gasteiger partial charge in [0, 0.05) is 18.8 Å². The van der Waals surface area contributed by atoms with Crippen LogP contribution in [0.2, 0.25) is 0 Å². The Kier molecular flexibility index (Phi) is 2.90. The molecule has 0 aliphatic carbocycles. The Bertz CT molecular complexity index is 494. The first-order chi connectivity index (χ1) is 7.65. The third-order valence-corrected chi connectivity index (χ3v) is 2.29. The van der Waals surface area contributed by atoms with Crippen molar-refractivity contribution in [2.75, 3.05) is 0 Å². The van der Waals surface area contributed by atoms with E-state index in [1.807, 2.05) is 20.2 Å². The molecule has 0 bridgehead atoms. The number of aromatic nitrogens is 2. The molecule has 0 amide bonds. The van der Waals surface area contributed by atoms with E-state index >= 15 is 0 Å². The zero-order chi connectivity index (χ0) is 11.5. The standard InChI is InChI=1S/C12H13FN2O/c1-9-5-11(13)3-4-12(9)16-8-10-6-14-15(2)7-10/h3-7H,8H2,1-2H3. The lowest BCUT2D eigenvalue weighted by Crippen LogP contribution is -1.96. The number of hydrogen-bond acceptors (Lipinski definition) is 2. The molecular weight excluding hydrogens is 207 g/mol. The molecule has 0 saturated heterocycles. The van der Waals surface area contributed by atoms with E-state index in [2.05, 4.69) is 5.10 Å². The molecule has 1 aromatic heterocycles. The van der Waals surface area contributed by atoms with E-state index in [0.717, 1.165) is 11.1 Å². The maximum absolute atomic E-state index is 12.8. The van der Waals surface area contributed by atoms with Gasteiger partial charge < -0.3 is 4.74 Å². The molecule has 0 N–H and O–H groups in total. The Morgan fingerprint density at radius 3 is 2.88 bits per heavy atom. The van der Waals surface area contributed by atoms with Crippen LogP contribution >= 0.6 is 0 Å². The monoisotopic (exact) mass is 220 g/mol. The van der Waals surface area contributed by atoms with Gasteiger partial charge in [-0.15, -0.1) is 0 Å². The first-order valence-electron chi connectivity index (χ1n) is 5.01. The molecule has 0 aliphatic rings. The second-order valence-electron chi connectivity index (χ2n) is 3.72. The van der Waals surface area contributed by atoms with Crippen molar-refractivity contribution in [2.24, 2.45) is 7.05 Å². The van der Waals surface area contributed by atoms with Crippen molar-refractivity contribution in [3.05, 3.63) is 47.5 Å². The maximum Gasteiger partial charge on any atom is 0.123 e. The largest absolute Gasteiger partial charge is 0.489 e. The van der Waals surface area contributed by atoms with Crippen molar-refractivity contribution in [2.45, 2.75) is 13.5 Å². The minimum Gasteiger partial charge on any atom is -0.489 e. The molecule has 0 atom stereocenters. The number of hydrogen-bond donors (Lipinski definition) is 0. The predicted molar refractivity (Wildman–Crippen MR) is 58.7 cm³/mol. The summed E-state index contributed by atoms with van der Waals surface area (Å²) in [5.41, 5.74) is 1.79. The van der Waals surface area contributed by atoms with E-state index in [0.29, 0.717) is 12.4 Å². The number of halogens is 1. The summed E-state index contributed by atoms with van der Waals surface area (Å²) in [6.45, 7) is 2.27. The summed E-state index contributed by atoms with van der Waals surface area (Å²) >= 11 is 0. The van der Waals surface area contributed by atoms with Gasteiger partial charge in [0.25, 0.3) is 0 Å². The quantitative estimate of drug-likeness (QED) is 0.794. The second kappa shape index (κ2) is 4.35. The Morgan fingerprint density at radius 1 is 1.44 bits per heavy atom. The summed E-state index contributed by atoms with van der Waals surface area (Å²) in [5, 5.41) is 4.04. The molecule has 2 aromatic rings. The lowest BCUT2D eigenvalue weighted by molar-refractivity contribution is 0.303. The highest BCUT2D eigenvalue weighted by Gasteiger charge is 2.02. The number of ether oxygens (including phenoxy) is 1. The van der Waals surface area contributed by atoms with Gasteiger partial charge in [-0.1, -0.05) is 0 Å². The van der Waals surface area contributed by atoms with Gasteiger partial charge in [0.2, 0.25) is 0 Å². The lowest BCUT2D eigenvalue weighted by atomic mass is 10.2. The fraction of sp³-hybridized carbons (Fsp3) is 0.250. The topological polar surface area (TPSA) is 27.1 Å². The zero-order valence-corrected chi connectivity index (χ0v) is 9.27. The molecule has 84 valence electrons. The van der Waals surface area contributed by atoms with E-state index in [-0.39, 0.29) is 5.82 Å². The fourth-order valence-electron chi connectivity index (χ4n) is 1.48. The van der Waals surface area contributed by atoms with Crippen LogP contribution in [0.5, 0.6) is 5.75 Å². The summed E-state index contributed by atoms with van der Waals surface area (Å²) < 4.78 is 20.1. The van der Waals surface area contributed by atoms with Gasteiger partial charge in [0.15, 0.2) is 0 Å². The third-order valence-electron chi connectivity index (χ3n) is 2.29. The molecule has 16 heavy (non-hydrogen) atoms. The molecule has 1 heterocycles. The van der Waals surface area contributed by atoms with Crippen molar-refractivity contribution in [3.8, 4) is 5.75 Å². The van der Waals surface area contributed by atoms with Crippen molar-refractivity contribution in [1.82, 2.24) is 9.78 Å². The summed E-state index contributed by atoms with van der Waals surface area (Å²) in [6, 6.07) is 4.49. The lowest BCUT2D eigenvalue weighted by Gasteiger charge is -2.07. The van der Waals surface area contributed by atoms with E-state index in [1.54, 1.807) is 16.9 Å². The molecule has 0 aliphatic heterocycles. The van der Waals surface area contributed by atoms with E-state index in [9.17, 15) is 4.39 Å². The van der Waals surface area contributed by atoms with Crippen LogP contribution in [0.15, 0.2) is 30.6 Å². The maximum atomic E-state index is 12.8. The molecule has 1 aromatic carbocycles. The summed E-state index contributed by atoms with van der Waals surface area (Å²) in [4.78, 5) is 0. The van der Waals surface area contributed by atoms with Crippen molar-refractivity contribution < 1.29 is 9.13 Å². The molecular formula is C12H13FN2O. The highest BCUT2D eigenvalue weighted by Crippen LogP contribution is 2.19. The molecule has 2 rings (SSSR count). The van der Waals surface area contributed by atoms with Gasteiger partial charge in [-0.25, -0.2) is 4.39 Å². The van der Waals surface area contributed by atoms with Crippen LogP contribution in [0.25, 0.3) is 0 Å². The summed E-state index contributed by atoms with van der Waals surface area (Å²) in [7, 11) is 1.85. The van der Waals surface area contributed by atoms with Crippen LogP contribution < -0.4 is 4.74 Å².